The van der Waals surface area contributed by atoms with Gasteiger partial charge >= 0.3 is 0 Å². The van der Waals surface area contributed by atoms with Crippen LogP contribution in [0.1, 0.15) is 19.1 Å². The lowest BCUT2D eigenvalue weighted by atomic mass is 9.95. The molecule has 4 heteroatoms. The second kappa shape index (κ2) is 3.23. The number of hydrogen-bond donors (Lipinski definition) is 1. The zero-order chi connectivity index (χ0) is 9.19. The molecule has 1 atom stereocenters. The van der Waals surface area contributed by atoms with Gasteiger partial charge in [0.05, 0.1) is 6.26 Å². The molecule has 0 bridgehead atoms. The standard InChI is InChI=1S/C8H11F2NO/c1-2-8(11,7(9)10)6-4-3-5-12-6/h3-5,7H,2,11H2,1H3. The van der Waals surface area contributed by atoms with Crippen LogP contribution >= 0.6 is 0 Å². The average molecular weight is 175 g/mol. The number of rotatable bonds is 3. The minimum absolute atomic E-state index is 0.139. The van der Waals surface area contributed by atoms with Crippen molar-refractivity contribution in [3.63, 3.8) is 0 Å². The van der Waals surface area contributed by atoms with E-state index in [1.54, 1.807) is 13.0 Å². The molecule has 2 nitrogen and oxygen atoms in total. The summed E-state index contributed by atoms with van der Waals surface area (Å²) in [6.07, 6.45) is -1.11. The van der Waals surface area contributed by atoms with Crippen LogP contribution in [0.4, 0.5) is 8.78 Å². The maximum absolute atomic E-state index is 12.5. The molecule has 1 heterocycles. The molecule has 1 aromatic heterocycles. The summed E-state index contributed by atoms with van der Waals surface area (Å²) in [5.74, 6) is 0.139. The molecular formula is C8H11F2NO. The smallest absolute Gasteiger partial charge is 0.263 e. The van der Waals surface area contributed by atoms with E-state index in [0.29, 0.717) is 0 Å². The van der Waals surface area contributed by atoms with Crippen molar-refractivity contribution in [2.75, 3.05) is 0 Å². The van der Waals surface area contributed by atoms with E-state index in [4.69, 9.17) is 10.2 Å². The molecule has 0 saturated carbocycles. The molecule has 0 aliphatic heterocycles. The van der Waals surface area contributed by atoms with Crippen LogP contribution in [-0.4, -0.2) is 6.43 Å². The Morgan fingerprint density at radius 2 is 2.33 bits per heavy atom. The van der Waals surface area contributed by atoms with Crippen LogP contribution in [-0.2, 0) is 5.54 Å². The number of hydrogen-bond acceptors (Lipinski definition) is 2. The Hall–Kier alpha value is -0.900. The van der Waals surface area contributed by atoms with Crippen molar-refractivity contribution in [1.82, 2.24) is 0 Å². The molecule has 0 aromatic carbocycles. The summed E-state index contributed by atoms with van der Waals surface area (Å²) in [7, 11) is 0. The minimum Gasteiger partial charge on any atom is -0.467 e. The van der Waals surface area contributed by atoms with Crippen molar-refractivity contribution in [3.8, 4) is 0 Å². The Labute approximate surface area is 69.4 Å². The van der Waals surface area contributed by atoms with Gasteiger partial charge in [-0.3, -0.25) is 0 Å². The summed E-state index contributed by atoms with van der Waals surface area (Å²) >= 11 is 0. The van der Waals surface area contributed by atoms with Crippen LogP contribution < -0.4 is 5.73 Å². The van der Waals surface area contributed by atoms with Gasteiger partial charge < -0.3 is 10.2 Å². The van der Waals surface area contributed by atoms with Crippen molar-refractivity contribution in [1.29, 1.82) is 0 Å². The van der Waals surface area contributed by atoms with E-state index < -0.39 is 12.0 Å². The molecule has 0 amide bonds. The molecule has 0 aliphatic rings. The molecule has 0 fully saturated rings. The number of halogens is 2. The fourth-order valence-electron chi connectivity index (χ4n) is 0.979. The summed E-state index contributed by atoms with van der Waals surface area (Å²) < 4.78 is 29.8. The molecule has 1 rings (SSSR count). The van der Waals surface area contributed by atoms with Gasteiger partial charge in [0.2, 0.25) is 0 Å². The predicted molar refractivity (Wildman–Crippen MR) is 40.9 cm³/mol. The SMILES string of the molecule is CCC(N)(c1ccco1)C(F)F. The molecule has 0 aliphatic carbocycles. The Morgan fingerprint density at radius 3 is 2.67 bits per heavy atom. The molecule has 12 heavy (non-hydrogen) atoms. The molecule has 0 saturated heterocycles. The van der Waals surface area contributed by atoms with E-state index in [1.807, 2.05) is 0 Å². The van der Waals surface area contributed by atoms with Crippen LogP contribution in [0.2, 0.25) is 0 Å². The van der Waals surface area contributed by atoms with Gasteiger partial charge in [0, 0.05) is 0 Å². The molecule has 0 radical (unpaired) electrons. The summed E-state index contributed by atoms with van der Waals surface area (Å²) in [4.78, 5) is 0. The van der Waals surface area contributed by atoms with Crippen LogP contribution in [0.25, 0.3) is 0 Å². The average Bonchev–Trinajstić information content (AvgIpc) is 2.54. The normalized spacial score (nSPS) is 16.4. The highest BCUT2D eigenvalue weighted by Crippen LogP contribution is 2.28. The molecule has 1 aromatic rings. The highest BCUT2D eigenvalue weighted by molar-refractivity contribution is 5.12. The van der Waals surface area contributed by atoms with E-state index in [0.717, 1.165) is 0 Å². The zero-order valence-electron chi connectivity index (χ0n) is 6.76. The third kappa shape index (κ3) is 1.34. The molecular weight excluding hydrogens is 164 g/mol. The minimum atomic E-state index is -2.60. The van der Waals surface area contributed by atoms with Crippen molar-refractivity contribution in [3.05, 3.63) is 24.2 Å². The van der Waals surface area contributed by atoms with Gasteiger partial charge in [-0.2, -0.15) is 0 Å². The van der Waals surface area contributed by atoms with Gasteiger partial charge in [-0.1, -0.05) is 6.92 Å². The highest BCUT2D eigenvalue weighted by Gasteiger charge is 2.38. The predicted octanol–water partition coefficient (Wildman–Crippen LogP) is 2.11. The fraction of sp³-hybridized carbons (Fsp3) is 0.500. The Balaban J connectivity index is 2.96. The second-order valence-corrected chi connectivity index (χ2v) is 2.67. The lowest BCUT2D eigenvalue weighted by Gasteiger charge is -2.24. The Morgan fingerprint density at radius 1 is 1.67 bits per heavy atom. The lowest BCUT2D eigenvalue weighted by molar-refractivity contribution is 0.0367. The summed E-state index contributed by atoms with van der Waals surface area (Å²) in [5, 5.41) is 0. The first-order valence-corrected chi connectivity index (χ1v) is 3.72. The van der Waals surface area contributed by atoms with E-state index in [-0.39, 0.29) is 12.2 Å². The van der Waals surface area contributed by atoms with Crippen molar-refractivity contribution in [2.24, 2.45) is 5.73 Å². The first-order valence-electron chi connectivity index (χ1n) is 3.72. The fourth-order valence-corrected chi connectivity index (χ4v) is 0.979. The summed E-state index contributed by atoms with van der Waals surface area (Å²) in [5.41, 5.74) is 3.83. The van der Waals surface area contributed by atoms with E-state index in [9.17, 15) is 8.78 Å². The maximum atomic E-state index is 12.5. The van der Waals surface area contributed by atoms with E-state index in [2.05, 4.69) is 0 Å². The maximum Gasteiger partial charge on any atom is 0.263 e. The molecule has 2 N–H and O–H groups in total. The molecule has 1 unspecified atom stereocenters. The summed E-state index contributed by atoms with van der Waals surface area (Å²) in [6, 6.07) is 3.02. The lowest BCUT2D eigenvalue weighted by Crippen LogP contribution is -2.42. The molecule has 0 spiro atoms. The van der Waals surface area contributed by atoms with Crippen LogP contribution in [0.3, 0.4) is 0 Å². The summed E-state index contributed by atoms with van der Waals surface area (Å²) in [6.45, 7) is 1.61. The number of nitrogens with two attached hydrogens (primary N) is 1. The van der Waals surface area contributed by atoms with Crippen molar-refractivity contribution in [2.45, 2.75) is 25.3 Å². The Bertz CT molecular complexity index is 235. The van der Waals surface area contributed by atoms with Crippen LogP contribution in [0, 0.1) is 0 Å². The van der Waals surface area contributed by atoms with Gasteiger partial charge in [-0.25, -0.2) is 8.78 Å². The van der Waals surface area contributed by atoms with Gasteiger partial charge in [0.1, 0.15) is 11.3 Å². The topological polar surface area (TPSA) is 39.2 Å². The largest absolute Gasteiger partial charge is 0.467 e. The highest BCUT2D eigenvalue weighted by atomic mass is 19.3. The van der Waals surface area contributed by atoms with Crippen molar-refractivity contribution >= 4 is 0 Å². The van der Waals surface area contributed by atoms with E-state index >= 15 is 0 Å². The van der Waals surface area contributed by atoms with Crippen molar-refractivity contribution < 1.29 is 13.2 Å². The van der Waals surface area contributed by atoms with Gasteiger partial charge in [0.25, 0.3) is 6.43 Å². The third-order valence-corrected chi connectivity index (χ3v) is 1.95. The second-order valence-electron chi connectivity index (χ2n) is 2.67. The first-order chi connectivity index (χ1) is 5.61. The van der Waals surface area contributed by atoms with Gasteiger partial charge in [0.15, 0.2) is 0 Å². The number of alkyl halides is 2. The van der Waals surface area contributed by atoms with Gasteiger partial charge in [-0.15, -0.1) is 0 Å². The molecule has 68 valence electrons. The van der Waals surface area contributed by atoms with Gasteiger partial charge in [-0.05, 0) is 18.6 Å². The Kier molecular flexibility index (Phi) is 2.47. The number of furan rings is 1. The first kappa shape index (κ1) is 9.19. The quantitative estimate of drug-likeness (QED) is 0.764. The van der Waals surface area contributed by atoms with E-state index in [1.165, 1.54) is 12.3 Å². The monoisotopic (exact) mass is 175 g/mol. The third-order valence-electron chi connectivity index (χ3n) is 1.95. The zero-order valence-corrected chi connectivity index (χ0v) is 6.76. The van der Waals surface area contributed by atoms with Crippen LogP contribution in [0.5, 0.6) is 0 Å². The van der Waals surface area contributed by atoms with Crippen LogP contribution in [0.15, 0.2) is 22.8 Å².